The summed E-state index contributed by atoms with van der Waals surface area (Å²) in [5, 5.41) is 2.84. The van der Waals surface area contributed by atoms with Crippen molar-refractivity contribution >= 4 is 17.2 Å². The van der Waals surface area contributed by atoms with E-state index < -0.39 is 0 Å². The molecule has 1 aromatic carbocycles. The number of nitrogens with one attached hydrogen (secondary N) is 1. The molecule has 0 aromatic heterocycles. The van der Waals surface area contributed by atoms with Gasteiger partial charge in [0.05, 0.1) is 12.3 Å². The van der Waals surface area contributed by atoms with Crippen LogP contribution >= 0.6 is 0 Å². The number of amides is 1. The molecule has 0 radical (unpaired) electrons. The zero-order valence-electron chi connectivity index (χ0n) is 9.54. The molecule has 2 rings (SSSR count). The first-order valence-corrected chi connectivity index (χ1v) is 5.41. The Morgan fingerprint density at radius 1 is 1.50 bits per heavy atom. The van der Waals surface area contributed by atoms with Gasteiger partial charge in [-0.05, 0) is 24.6 Å². The Morgan fingerprint density at radius 3 is 3.00 bits per heavy atom. The SMILES string of the molecule is C/C=C1\CCOc2cccc(NC(C)=O)c21. The summed E-state index contributed by atoms with van der Waals surface area (Å²) >= 11 is 0. The van der Waals surface area contributed by atoms with Gasteiger partial charge in [0.1, 0.15) is 5.75 Å². The number of carbonyl (C=O) groups excluding carboxylic acids is 1. The zero-order chi connectivity index (χ0) is 11.5. The Kier molecular flexibility index (Phi) is 2.95. The van der Waals surface area contributed by atoms with Gasteiger partial charge in [0, 0.05) is 18.9 Å². The molecule has 1 heterocycles. The van der Waals surface area contributed by atoms with Crippen LogP contribution in [0.2, 0.25) is 0 Å². The molecule has 3 heteroatoms. The Hall–Kier alpha value is -1.77. The van der Waals surface area contributed by atoms with Crippen molar-refractivity contribution in [1.82, 2.24) is 0 Å². The molecule has 1 aliphatic rings. The number of rotatable bonds is 1. The van der Waals surface area contributed by atoms with E-state index in [0.29, 0.717) is 6.61 Å². The van der Waals surface area contributed by atoms with E-state index >= 15 is 0 Å². The first kappa shape index (κ1) is 10.7. The molecular weight excluding hydrogens is 202 g/mol. The summed E-state index contributed by atoms with van der Waals surface area (Å²) < 4.78 is 5.59. The highest BCUT2D eigenvalue weighted by atomic mass is 16.5. The molecule has 3 nitrogen and oxygen atoms in total. The molecule has 1 aromatic rings. The zero-order valence-corrected chi connectivity index (χ0v) is 9.54. The first-order valence-electron chi connectivity index (χ1n) is 5.41. The molecule has 0 fully saturated rings. The topological polar surface area (TPSA) is 38.3 Å². The summed E-state index contributed by atoms with van der Waals surface area (Å²) in [6.07, 6.45) is 2.97. The summed E-state index contributed by atoms with van der Waals surface area (Å²) in [6, 6.07) is 5.73. The van der Waals surface area contributed by atoms with Gasteiger partial charge in [0.2, 0.25) is 5.91 Å². The molecule has 0 atom stereocenters. The molecule has 16 heavy (non-hydrogen) atoms. The van der Waals surface area contributed by atoms with E-state index in [1.54, 1.807) is 0 Å². The maximum atomic E-state index is 11.1. The Morgan fingerprint density at radius 2 is 2.31 bits per heavy atom. The molecule has 0 bridgehead atoms. The van der Waals surface area contributed by atoms with E-state index in [1.165, 1.54) is 12.5 Å². The van der Waals surface area contributed by atoms with Gasteiger partial charge in [-0.2, -0.15) is 0 Å². The molecular formula is C13H15NO2. The molecule has 0 saturated heterocycles. The highest BCUT2D eigenvalue weighted by Crippen LogP contribution is 2.38. The maximum Gasteiger partial charge on any atom is 0.221 e. The van der Waals surface area contributed by atoms with Crippen LogP contribution in [0.25, 0.3) is 5.57 Å². The van der Waals surface area contributed by atoms with Crippen LogP contribution in [0.1, 0.15) is 25.8 Å². The normalized spacial score (nSPS) is 16.5. The van der Waals surface area contributed by atoms with Crippen LogP contribution in [0, 0.1) is 0 Å². The number of carbonyl (C=O) groups is 1. The van der Waals surface area contributed by atoms with Gasteiger partial charge < -0.3 is 10.1 Å². The van der Waals surface area contributed by atoms with Crippen LogP contribution in [-0.4, -0.2) is 12.5 Å². The number of ether oxygens (including phenoxy) is 1. The number of hydrogen-bond donors (Lipinski definition) is 1. The van der Waals surface area contributed by atoms with E-state index in [2.05, 4.69) is 11.4 Å². The summed E-state index contributed by atoms with van der Waals surface area (Å²) in [5.41, 5.74) is 3.08. The van der Waals surface area contributed by atoms with Crippen molar-refractivity contribution in [2.24, 2.45) is 0 Å². The van der Waals surface area contributed by atoms with Crippen LogP contribution in [0.15, 0.2) is 24.3 Å². The second-order valence-corrected chi connectivity index (χ2v) is 3.77. The van der Waals surface area contributed by atoms with Gasteiger partial charge in [0.15, 0.2) is 0 Å². The van der Waals surface area contributed by atoms with Crippen LogP contribution in [0.4, 0.5) is 5.69 Å². The predicted octanol–water partition coefficient (Wildman–Crippen LogP) is 2.83. The second kappa shape index (κ2) is 4.39. The maximum absolute atomic E-state index is 11.1. The molecule has 0 unspecified atom stereocenters. The lowest BCUT2D eigenvalue weighted by atomic mass is 9.97. The summed E-state index contributed by atoms with van der Waals surface area (Å²) in [5.74, 6) is 0.792. The van der Waals surface area contributed by atoms with Crippen molar-refractivity contribution in [2.45, 2.75) is 20.3 Å². The Balaban J connectivity index is 2.50. The fourth-order valence-electron chi connectivity index (χ4n) is 1.96. The summed E-state index contributed by atoms with van der Waals surface area (Å²) in [6.45, 7) is 4.23. The molecule has 84 valence electrons. The predicted molar refractivity (Wildman–Crippen MR) is 64.5 cm³/mol. The lowest BCUT2D eigenvalue weighted by Gasteiger charge is -2.22. The number of hydrogen-bond acceptors (Lipinski definition) is 2. The molecule has 0 aliphatic carbocycles. The van der Waals surface area contributed by atoms with Gasteiger partial charge in [0.25, 0.3) is 0 Å². The van der Waals surface area contributed by atoms with Crippen molar-refractivity contribution in [3.8, 4) is 5.75 Å². The van der Waals surface area contributed by atoms with Crippen molar-refractivity contribution < 1.29 is 9.53 Å². The lowest BCUT2D eigenvalue weighted by Crippen LogP contribution is -2.13. The van der Waals surface area contributed by atoms with Crippen LogP contribution < -0.4 is 10.1 Å². The Bertz CT molecular complexity index is 449. The van der Waals surface area contributed by atoms with Crippen LogP contribution in [0.5, 0.6) is 5.75 Å². The molecule has 1 amide bonds. The number of allylic oxidation sites excluding steroid dienone is 1. The van der Waals surface area contributed by atoms with E-state index in [4.69, 9.17) is 4.74 Å². The third kappa shape index (κ3) is 1.94. The van der Waals surface area contributed by atoms with Gasteiger partial charge in [-0.3, -0.25) is 4.79 Å². The summed E-state index contributed by atoms with van der Waals surface area (Å²) in [4.78, 5) is 11.1. The van der Waals surface area contributed by atoms with Gasteiger partial charge in [-0.25, -0.2) is 0 Å². The standard InChI is InChI=1S/C13H15NO2/c1-3-10-7-8-16-12-6-4-5-11(13(10)12)14-9(2)15/h3-6H,7-8H2,1-2H3,(H,14,15)/b10-3+. The van der Waals surface area contributed by atoms with Gasteiger partial charge >= 0.3 is 0 Å². The molecule has 0 spiro atoms. The van der Waals surface area contributed by atoms with E-state index in [0.717, 1.165) is 23.4 Å². The number of fused-ring (bicyclic) bond motifs is 1. The van der Waals surface area contributed by atoms with E-state index in [1.807, 2.05) is 25.1 Å². The van der Waals surface area contributed by atoms with Gasteiger partial charge in [-0.1, -0.05) is 12.1 Å². The van der Waals surface area contributed by atoms with E-state index in [9.17, 15) is 4.79 Å². The van der Waals surface area contributed by atoms with Crippen molar-refractivity contribution in [1.29, 1.82) is 0 Å². The van der Waals surface area contributed by atoms with Crippen molar-refractivity contribution in [2.75, 3.05) is 11.9 Å². The number of anilines is 1. The minimum Gasteiger partial charge on any atom is -0.493 e. The molecule has 1 aliphatic heterocycles. The lowest BCUT2D eigenvalue weighted by molar-refractivity contribution is -0.114. The highest BCUT2D eigenvalue weighted by Gasteiger charge is 2.18. The summed E-state index contributed by atoms with van der Waals surface area (Å²) in [7, 11) is 0. The molecule has 1 N–H and O–H groups in total. The monoisotopic (exact) mass is 217 g/mol. The second-order valence-electron chi connectivity index (χ2n) is 3.77. The quantitative estimate of drug-likeness (QED) is 0.785. The Labute approximate surface area is 95.1 Å². The third-order valence-corrected chi connectivity index (χ3v) is 2.64. The highest BCUT2D eigenvalue weighted by molar-refractivity contribution is 5.94. The third-order valence-electron chi connectivity index (χ3n) is 2.64. The fraction of sp³-hybridized carbons (Fsp3) is 0.308. The van der Waals surface area contributed by atoms with Gasteiger partial charge in [-0.15, -0.1) is 0 Å². The van der Waals surface area contributed by atoms with E-state index in [-0.39, 0.29) is 5.91 Å². The minimum absolute atomic E-state index is 0.0607. The van der Waals surface area contributed by atoms with Crippen molar-refractivity contribution in [3.05, 3.63) is 29.8 Å². The smallest absolute Gasteiger partial charge is 0.221 e. The largest absolute Gasteiger partial charge is 0.493 e. The number of benzene rings is 1. The van der Waals surface area contributed by atoms with Crippen LogP contribution in [0.3, 0.4) is 0 Å². The average molecular weight is 217 g/mol. The first-order chi connectivity index (χ1) is 7.72. The fourth-order valence-corrected chi connectivity index (χ4v) is 1.96. The molecule has 0 saturated carbocycles. The van der Waals surface area contributed by atoms with Crippen LogP contribution in [-0.2, 0) is 4.79 Å². The minimum atomic E-state index is -0.0607. The average Bonchev–Trinajstić information content (AvgIpc) is 2.28. The van der Waals surface area contributed by atoms with Crippen molar-refractivity contribution in [3.63, 3.8) is 0 Å².